The Morgan fingerprint density at radius 3 is 2.52 bits per heavy atom. The molecular weight excluding hydrogens is 315 g/mol. The molecule has 1 aromatic rings. The van der Waals surface area contributed by atoms with Crippen LogP contribution in [0, 0.1) is 5.92 Å². The molecule has 2 N–H and O–H groups in total. The lowest BCUT2D eigenvalue weighted by Crippen LogP contribution is -2.37. The molecule has 1 rings (SSSR count). The maximum atomic E-state index is 12.0. The van der Waals surface area contributed by atoms with E-state index in [1.165, 1.54) is 0 Å². The molecular formula is C14H18Cl2N2O3. The first-order valence-electron chi connectivity index (χ1n) is 6.53. The molecule has 7 heteroatoms. The Morgan fingerprint density at radius 1 is 1.33 bits per heavy atom. The molecule has 0 spiro atoms. The van der Waals surface area contributed by atoms with E-state index in [1.54, 1.807) is 30.0 Å². The minimum Gasteiger partial charge on any atom is -0.481 e. The van der Waals surface area contributed by atoms with E-state index in [1.807, 2.05) is 6.92 Å². The Labute approximate surface area is 133 Å². The summed E-state index contributed by atoms with van der Waals surface area (Å²) in [5, 5.41) is 12.4. The molecule has 0 bridgehead atoms. The van der Waals surface area contributed by atoms with Gasteiger partial charge in [-0.25, -0.2) is 0 Å². The molecule has 0 aliphatic carbocycles. The Balaban J connectivity index is 2.58. The van der Waals surface area contributed by atoms with Gasteiger partial charge in [0, 0.05) is 12.2 Å². The zero-order chi connectivity index (χ0) is 16.0. The smallest absolute Gasteiger partial charge is 0.307 e. The molecule has 0 aromatic heterocycles. The first-order valence-corrected chi connectivity index (χ1v) is 7.29. The van der Waals surface area contributed by atoms with Crippen LogP contribution < -0.4 is 5.32 Å². The number of rotatable bonds is 7. The number of anilines is 1. The molecule has 0 saturated carbocycles. The van der Waals surface area contributed by atoms with Gasteiger partial charge in [-0.1, -0.05) is 37.0 Å². The van der Waals surface area contributed by atoms with Crippen LogP contribution in [0.1, 0.15) is 13.8 Å². The van der Waals surface area contributed by atoms with E-state index in [9.17, 15) is 9.59 Å². The van der Waals surface area contributed by atoms with E-state index in [2.05, 4.69) is 5.32 Å². The van der Waals surface area contributed by atoms with Gasteiger partial charge in [0.1, 0.15) is 0 Å². The van der Waals surface area contributed by atoms with Crippen molar-refractivity contribution in [3.8, 4) is 0 Å². The number of carboxylic acids is 1. The fourth-order valence-corrected chi connectivity index (χ4v) is 2.05. The molecule has 0 saturated heterocycles. The quantitative estimate of drug-likeness (QED) is 0.805. The number of hydrogen-bond donors (Lipinski definition) is 2. The summed E-state index contributed by atoms with van der Waals surface area (Å²) >= 11 is 11.7. The molecule has 0 aliphatic rings. The third-order valence-electron chi connectivity index (χ3n) is 2.97. The van der Waals surface area contributed by atoms with Gasteiger partial charge >= 0.3 is 5.97 Å². The lowest BCUT2D eigenvalue weighted by Gasteiger charge is -2.21. The highest BCUT2D eigenvalue weighted by Crippen LogP contribution is 2.24. The van der Waals surface area contributed by atoms with Crippen LogP contribution in [0.2, 0.25) is 10.0 Å². The SMILES string of the molecule is CCN(CC(=O)Nc1ccc(Cl)c(Cl)c1)CC(C)C(=O)O. The summed E-state index contributed by atoms with van der Waals surface area (Å²) < 4.78 is 0. The second-order valence-electron chi connectivity index (χ2n) is 4.74. The van der Waals surface area contributed by atoms with Gasteiger partial charge in [-0.15, -0.1) is 0 Å². The first-order chi connectivity index (χ1) is 9.83. The van der Waals surface area contributed by atoms with Crippen LogP contribution in [-0.4, -0.2) is 41.5 Å². The fraction of sp³-hybridized carbons (Fsp3) is 0.429. The predicted molar refractivity (Wildman–Crippen MR) is 84.0 cm³/mol. The first kappa shape index (κ1) is 17.8. The number of carbonyl (C=O) groups excluding carboxylic acids is 1. The van der Waals surface area contributed by atoms with E-state index in [4.69, 9.17) is 28.3 Å². The standard InChI is InChI=1S/C14H18Cl2N2O3/c1-3-18(7-9(2)14(20)21)8-13(19)17-10-4-5-11(15)12(16)6-10/h4-6,9H,3,7-8H2,1-2H3,(H,17,19)(H,20,21). The molecule has 0 aliphatic heterocycles. The van der Waals surface area contributed by atoms with Crippen LogP contribution in [0.4, 0.5) is 5.69 Å². The number of aliphatic carboxylic acids is 1. The number of nitrogens with zero attached hydrogens (tertiary/aromatic N) is 1. The largest absolute Gasteiger partial charge is 0.481 e. The molecule has 5 nitrogen and oxygen atoms in total. The van der Waals surface area contributed by atoms with Gasteiger partial charge in [-0.3, -0.25) is 14.5 Å². The number of nitrogens with one attached hydrogen (secondary N) is 1. The van der Waals surface area contributed by atoms with Gasteiger partial charge in [0.15, 0.2) is 0 Å². The van der Waals surface area contributed by atoms with Crippen molar-refractivity contribution in [2.75, 3.05) is 25.0 Å². The van der Waals surface area contributed by atoms with Gasteiger partial charge in [-0.2, -0.15) is 0 Å². The topological polar surface area (TPSA) is 69.6 Å². The van der Waals surface area contributed by atoms with Crippen LogP contribution in [-0.2, 0) is 9.59 Å². The highest BCUT2D eigenvalue weighted by Gasteiger charge is 2.17. The van der Waals surface area contributed by atoms with Gasteiger partial charge < -0.3 is 10.4 Å². The van der Waals surface area contributed by atoms with Crippen molar-refractivity contribution in [3.63, 3.8) is 0 Å². The summed E-state index contributed by atoms with van der Waals surface area (Å²) in [6.45, 7) is 4.52. The molecule has 0 radical (unpaired) electrons. The van der Waals surface area contributed by atoms with Gasteiger partial charge in [0.2, 0.25) is 5.91 Å². The predicted octanol–water partition coefficient (Wildman–Crippen LogP) is 2.97. The monoisotopic (exact) mass is 332 g/mol. The van der Waals surface area contributed by atoms with Gasteiger partial charge in [-0.05, 0) is 24.7 Å². The van der Waals surface area contributed by atoms with Crippen molar-refractivity contribution < 1.29 is 14.7 Å². The normalized spacial score (nSPS) is 12.2. The highest BCUT2D eigenvalue weighted by atomic mass is 35.5. The second kappa shape index (κ2) is 8.22. The number of amides is 1. The average Bonchev–Trinajstić information content (AvgIpc) is 2.41. The molecule has 21 heavy (non-hydrogen) atoms. The zero-order valence-corrected chi connectivity index (χ0v) is 13.4. The summed E-state index contributed by atoms with van der Waals surface area (Å²) in [6.07, 6.45) is 0. The lowest BCUT2D eigenvalue weighted by atomic mass is 10.1. The molecule has 1 unspecified atom stereocenters. The number of likely N-dealkylation sites (N-methyl/N-ethyl adjacent to an activating group) is 1. The number of hydrogen-bond acceptors (Lipinski definition) is 3. The molecule has 0 heterocycles. The summed E-state index contributed by atoms with van der Waals surface area (Å²) in [5.74, 6) is -1.63. The Morgan fingerprint density at radius 2 is 2.00 bits per heavy atom. The van der Waals surface area contributed by atoms with Gasteiger partial charge in [0.25, 0.3) is 0 Å². The molecule has 1 atom stereocenters. The summed E-state index contributed by atoms with van der Waals surface area (Å²) in [7, 11) is 0. The van der Waals surface area contributed by atoms with Crippen LogP contribution >= 0.6 is 23.2 Å². The number of benzene rings is 1. The third-order valence-corrected chi connectivity index (χ3v) is 3.71. The minimum atomic E-state index is -0.877. The van der Waals surface area contributed by atoms with E-state index >= 15 is 0 Å². The van der Waals surface area contributed by atoms with E-state index in [0.717, 1.165) is 0 Å². The van der Waals surface area contributed by atoms with Crippen molar-refractivity contribution in [1.82, 2.24) is 4.90 Å². The highest BCUT2D eigenvalue weighted by molar-refractivity contribution is 6.42. The van der Waals surface area contributed by atoms with Crippen molar-refractivity contribution in [3.05, 3.63) is 28.2 Å². The fourth-order valence-electron chi connectivity index (χ4n) is 1.75. The zero-order valence-electron chi connectivity index (χ0n) is 11.9. The lowest BCUT2D eigenvalue weighted by molar-refractivity contribution is -0.142. The van der Waals surface area contributed by atoms with Crippen molar-refractivity contribution in [2.45, 2.75) is 13.8 Å². The second-order valence-corrected chi connectivity index (χ2v) is 5.56. The van der Waals surface area contributed by atoms with Crippen molar-refractivity contribution in [2.24, 2.45) is 5.92 Å². The van der Waals surface area contributed by atoms with E-state index in [0.29, 0.717) is 28.8 Å². The Bertz CT molecular complexity index is 523. The van der Waals surface area contributed by atoms with Crippen molar-refractivity contribution >= 4 is 40.8 Å². The molecule has 116 valence electrons. The average molecular weight is 333 g/mol. The Hall–Kier alpha value is -1.30. The van der Waals surface area contributed by atoms with E-state index in [-0.39, 0.29) is 12.5 Å². The number of carboxylic acid groups (broad SMARTS) is 1. The van der Waals surface area contributed by atoms with Crippen LogP contribution in [0.25, 0.3) is 0 Å². The molecule has 0 fully saturated rings. The van der Waals surface area contributed by atoms with Crippen LogP contribution in [0.15, 0.2) is 18.2 Å². The van der Waals surface area contributed by atoms with Crippen molar-refractivity contribution in [1.29, 1.82) is 0 Å². The Kier molecular flexibility index (Phi) is 6.95. The number of halogens is 2. The maximum Gasteiger partial charge on any atom is 0.307 e. The molecule has 1 amide bonds. The minimum absolute atomic E-state index is 0.119. The van der Waals surface area contributed by atoms with Crippen LogP contribution in [0.3, 0.4) is 0 Å². The van der Waals surface area contributed by atoms with Gasteiger partial charge in [0.05, 0.1) is 22.5 Å². The van der Waals surface area contributed by atoms with Crippen LogP contribution in [0.5, 0.6) is 0 Å². The summed E-state index contributed by atoms with van der Waals surface area (Å²) in [5.41, 5.74) is 0.553. The maximum absolute atomic E-state index is 12.0. The number of carbonyl (C=O) groups is 2. The van der Waals surface area contributed by atoms with E-state index < -0.39 is 11.9 Å². The summed E-state index contributed by atoms with van der Waals surface area (Å²) in [4.78, 5) is 24.6. The molecule has 1 aromatic carbocycles. The third kappa shape index (κ3) is 5.91. The summed E-state index contributed by atoms with van der Waals surface area (Å²) in [6, 6.07) is 4.82.